The largest absolute Gasteiger partial charge is 0.497 e. The van der Waals surface area contributed by atoms with Crippen LogP contribution in [0.15, 0.2) is 60.9 Å². The highest BCUT2D eigenvalue weighted by Crippen LogP contribution is 2.17. The molecule has 3 rings (SSSR count). The first kappa shape index (κ1) is 17.7. The number of fused-ring (bicyclic) bond motifs is 1. The number of carbonyl (C=O) groups excluding carboxylic acids is 1. The highest BCUT2D eigenvalue weighted by molar-refractivity contribution is 5.94. The molecule has 0 unspecified atom stereocenters. The van der Waals surface area contributed by atoms with Gasteiger partial charge < -0.3 is 14.5 Å². The molecule has 2 heterocycles. The van der Waals surface area contributed by atoms with E-state index in [0.717, 1.165) is 41.1 Å². The van der Waals surface area contributed by atoms with Gasteiger partial charge in [0.25, 0.3) is 0 Å². The van der Waals surface area contributed by atoms with Crippen LogP contribution in [0, 0.1) is 0 Å². The molecule has 2 aromatic heterocycles. The summed E-state index contributed by atoms with van der Waals surface area (Å²) >= 11 is 0. The number of hydrogen-bond donors (Lipinski definition) is 1. The molecule has 0 fully saturated rings. The molecule has 1 amide bonds. The Morgan fingerprint density at radius 3 is 2.81 bits per heavy atom. The molecule has 1 N–H and O–H groups in total. The second-order valence-electron chi connectivity index (χ2n) is 6.12. The van der Waals surface area contributed by atoms with Crippen LogP contribution in [0.4, 0.5) is 0 Å². The van der Waals surface area contributed by atoms with Crippen molar-refractivity contribution in [1.29, 1.82) is 0 Å². The van der Waals surface area contributed by atoms with Crippen molar-refractivity contribution in [2.75, 3.05) is 13.7 Å². The van der Waals surface area contributed by atoms with Crippen LogP contribution < -0.4 is 10.1 Å². The van der Waals surface area contributed by atoms with E-state index in [0.29, 0.717) is 6.54 Å². The summed E-state index contributed by atoms with van der Waals surface area (Å²) in [6, 6.07) is 13.7. The lowest BCUT2D eigenvalue weighted by Gasteiger charge is -2.05. The van der Waals surface area contributed by atoms with Crippen molar-refractivity contribution in [3.05, 3.63) is 72.3 Å². The number of hydrogen-bond acceptors (Lipinski definition) is 3. The number of pyridine rings is 1. The Bertz CT molecular complexity index is 910. The van der Waals surface area contributed by atoms with Crippen LogP contribution in [0.5, 0.6) is 5.75 Å². The van der Waals surface area contributed by atoms with Gasteiger partial charge in [0.1, 0.15) is 11.6 Å². The van der Waals surface area contributed by atoms with E-state index in [4.69, 9.17) is 4.74 Å². The zero-order valence-electron chi connectivity index (χ0n) is 15.1. The van der Waals surface area contributed by atoms with Gasteiger partial charge in [-0.05, 0) is 48.7 Å². The number of carbonyl (C=O) groups is 1. The van der Waals surface area contributed by atoms with Crippen molar-refractivity contribution >= 4 is 17.0 Å². The van der Waals surface area contributed by atoms with Gasteiger partial charge in [-0.15, -0.1) is 0 Å². The number of ether oxygens (including phenoxy) is 1. The number of nitrogens with zero attached hydrogens (tertiary/aromatic N) is 2. The first-order valence-electron chi connectivity index (χ1n) is 8.69. The number of methoxy groups -OCH3 is 1. The average molecular weight is 349 g/mol. The SMILES string of the molecule is COc1ccc(/C(C)=C/C(=O)NCCCc2ncc3ccccn23)cc1. The standard InChI is InChI=1S/C21H23N3O2/c1-16(17-8-10-19(26-2)11-9-17)14-21(25)22-12-5-7-20-23-15-18-6-3-4-13-24(18)20/h3-4,6,8-11,13-15H,5,7,12H2,1-2H3,(H,22,25)/b16-14+. The molecule has 0 aliphatic rings. The van der Waals surface area contributed by atoms with E-state index in [1.54, 1.807) is 13.2 Å². The molecule has 5 heteroatoms. The Labute approximate surface area is 153 Å². The van der Waals surface area contributed by atoms with Crippen molar-refractivity contribution in [3.63, 3.8) is 0 Å². The van der Waals surface area contributed by atoms with Gasteiger partial charge in [0, 0.05) is 25.2 Å². The molecule has 0 bridgehead atoms. The minimum Gasteiger partial charge on any atom is -0.497 e. The smallest absolute Gasteiger partial charge is 0.244 e. The third-order valence-electron chi connectivity index (χ3n) is 4.28. The molecule has 5 nitrogen and oxygen atoms in total. The lowest BCUT2D eigenvalue weighted by Crippen LogP contribution is -2.23. The highest BCUT2D eigenvalue weighted by Gasteiger charge is 2.04. The number of benzene rings is 1. The number of rotatable bonds is 7. The lowest BCUT2D eigenvalue weighted by atomic mass is 10.1. The normalized spacial score (nSPS) is 11.5. The van der Waals surface area contributed by atoms with E-state index in [-0.39, 0.29) is 5.91 Å². The molecule has 0 aliphatic heterocycles. The van der Waals surface area contributed by atoms with Gasteiger partial charge >= 0.3 is 0 Å². The van der Waals surface area contributed by atoms with Crippen LogP contribution in [0.2, 0.25) is 0 Å². The lowest BCUT2D eigenvalue weighted by molar-refractivity contribution is -0.116. The fraction of sp³-hybridized carbons (Fsp3) is 0.238. The predicted molar refractivity (Wildman–Crippen MR) is 103 cm³/mol. The first-order valence-corrected chi connectivity index (χ1v) is 8.69. The molecule has 0 spiro atoms. The molecule has 1 aromatic carbocycles. The molecule has 0 atom stereocenters. The number of amides is 1. The van der Waals surface area contributed by atoms with E-state index in [9.17, 15) is 4.79 Å². The molecule has 134 valence electrons. The highest BCUT2D eigenvalue weighted by atomic mass is 16.5. The third kappa shape index (κ3) is 4.30. The fourth-order valence-corrected chi connectivity index (χ4v) is 2.83. The maximum Gasteiger partial charge on any atom is 0.244 e. The van der Waals surface area contributed by atoms with Gasteiger partial charge in [-0.25, -0.2) is 4.98 Å². The quantitative estimate of drug-likeness (QED) is 0.525. The van der Waals surface area contributed by atoms with Crippen molar-refractivity contribution in [3.8, 4) is 5.75 Å². The van der Waals surface area contributed by atoms with E-state index in [2.05, 4.69) is 14.7 Å². The van der Waals surface area contributed by atoms with Crippen molar-refractivity contribution in [2.45, 2.75) is 19.8 Å². The van der Waals surface area contributed by atoms with Crippen LogP contribution in [-0.2, 0) is 11.2 Å². The summed E-state index contributed by atoms with van der Waals surface area (Å²) in [6.07, 6.45) is 7.17. The second-order valence-corrected chi connectivity index (χ2v) is 6.12. The minimum absolute atomic E-state index is 0.0775. The van der Waals surface area contributed by atoms with E-state index in [1.165, 1.54) is 0 Å². The Hall–Kier alpha value is -3.08. The average Bonchev–Trinajstić information content (AvgIpc) is 3.08. The molecule has 0 saturated carbocycles. The monoisotopic (exact) mass is 349 g/mol. The van der Waals surface area contributed by atoms with Crippen LogP contribution in [0.1, 0.15) is 24.7 Å². The Morgan fingerprint density at radius 1 is 1.23 bits per heavy atom. The number of aromatic nitrogens is 2. The maximum absolute atomic E-state index is 12.1. The van der Waals surface area contributed by atoms with Crippen LogP contribution in [0.25, 0.3) is 11.1 Å². The number of allylic oxidation sites excluding steroid dienone is 1. The Balaban J connectivity index is 1.49. The Kier molecular flexibility index (Phi) is 5.69. The molecular weight excluding hydrogens is 326 g/mol. The van der Waals surface area contributed by atoms with Crippen molar-refractivity contribution in [2.24, 2.45) is 0 Å². The number of imidazole rings is 1. The van der Waals surface area contributed by atoms with Crippen LogP contribution in [0.3, 0.4) is 0 Å². The first-order chi connectivity index (χ1) is 12.7. The summed E-state index contributed by atoms with van der Waals surface area (Å²) in [6.45, 7) is 2.55. The number of nitrogens with one attached hydrogen (secondary N) is 1. The molecular formula is C21H23N3O2. The predicted octanol–water partition coefficient (Wildman–Crippen LogP) is 3.50. The summed E-state index contributed by atoms with van der Waals surface area (Å²) in [5.41, 5.74) is 3.01. The van der Waals surface area contributed by atoms with E-state index in [1.807, 2.05) is 61.8 Å². The van der Waals surface area contributed by atoms with Crippen LogP contribution in [-0.4, -0.2) is 28.9 Å². The molecule has 3 aromatic rings. The zero-order valence-corrected chi connectivity index (χ0v) is 15.1. The van der Waals surface area contributed by atoms with Gasteiger partial charge in [-0.3, -0.25) is 4.79 Å². The van der Waals surface area contributed by atoms with Gasteiger partial charge in [-0.2, -0.15) is 0 Å². The second kappa shape index (κ2) is 8.34. The fourth-order valence-electron chi connectivity index (χ4n) is 2.83. The maximum atomic E-state index is 12.1. The zero-order chi connectivity index (χ0) is 18.4. The number of aryl methyl sites for hydroxylation is 1. The van der Waals surface area contributed by atoms with E-state index < -0.39 is 0 Å². The van der Waals surface area contributed by atoms with Crippen LogP contribution >= 0.6 is 0 Å². The van der Waals surface area contributed by atoms with Crippen molar-refractivity contribution in [1.82, 2.24) is 14.7 Å². The van der Waals surface area contributed by atoms with Gasteiger partial charge in [0.05, 0.1) is 18.8 Å². The minimum atomic E-state index is -0.0775. The summed E-state index contributed by atoms with van der Waals surface area (Å²) in [4.78, 5) is 16.5. The summed E-state index contributed by atoms with van der Waals surface area (Å²) in [5, 5.41) is 2.94. The van der Waals surface area contributed by atoms with Gasteiger partial charge in [0.2, 0.25) is 5.91 Å². The molecule has 26 heavy (non-hydrogen) atoms. The van der Waals surface area contributed by atoms with E-state index >= 15 is 0 Å². The topological polar surface area (TPSA) is 55.6 Å². The summed E-state index contributed by atoms with van der Waals surface area (Å²) in [5.74, 6) is 1.74. The summed E-state index contributed by atoms with van der Waals surface area (Å²) < 4.78 is 7.23. The molecule has 0 saturated heterocycles. The Morgan fingerprint density at radius 2 is 2.04 bits per heavy atom. The van der Waals surface area contributed by atoms with Gasteiger partial charge in [0.15, 0.2) is 0 Å². The third-order valence-corrected chi connectivity index (χ3v) is 4.28. The van der Waals surface area contributed by atoms with Gasteiger partial charge in [-0.1, -0.05) is 18.2 Å². The van der Waals surface area contributed by atoms with Crippen molar-refractivity contribution < 1.29 is 9.53 Å². The molecule has 0 aliphatic carbocycles. The molecule has 0 radical (unpaired) electrons. The summed E-state index contributed by atoms with van der Waals surface area (Å²) in [7, 11) is 1.64.